The van der Waals surface area contributed by atoms with Gasteiger partial charge in [0.15, 0.2) is 0 Å². The van der Waals surface area contributed by atoms with Crippen LogP contribution in [0.2, 0.25) is 0 Å². The van der Waals surface area contributed by atoms with Gasteiger partial charge in [-0.2, -0.15) is 0 Å². The summed E-state index contributed by atoms with van der Waals surface area (Å²) in [5.74, 6) is -1.07. The zero-order valence-electron chi connectivity index (χ0n) is 17.1. The maximum absolute atomic E-state index is 8.40. The van der Waals surface area contributed by atoms with Crippen molar-refractivity contribution in [1.29, 1.82) is 0 Å². The molecule has 23 heavy (non-hydrogen) atoms. The van der Waals surface area contributed by atoms with Gasteiger partial charge in [0.2, 0.25) is 0 Å². The van der Waals surface area contributed by atoms with Crippen LogP contribution in [0.15, 0.2) is 59.1 Å². The van der Waals surface area contributed by atoms with Gasteiger partial charge in [0, 0.05) is 28.0 Å². The molecule has 0 spiro atoms. The van der Waals surface area contributed by atoms with Crippen molar-refractivity contribution >= 4 is 21.9 Å². The minimum absolute atomic E-state index is 0.114. The van der Waals surface area contributed by atoms with Crippen molar-refractivity contribution in [3.63, 3.8) is 0 Å². The lowest BCUT2D eigenvalue weighted by Crippen LogP contribution is -1.95. The number of aromatic nitrogens is 1. The summed E-state index contributed by atoms with van der Waals surface area (Å²) in [4.78, 5) is 4.41. The summed E-state index contributed by atoms with van der Waals surface area (Å²) in [6.07, 6.45) is 1.37. The van der Waals surface area contributed by atoms with Gasteiger partial charge in [-0.15, -0.1) is 0 Å². The van der Waals surface area contributed by atoms with E-state index in [9.17, 15) is 0 Å². The van der Waals surface area contributed by atoms with Crippen molar-refractivity contribution in [3.8, 4) is 11.3 Å². The predicted octanol–water partition coefficient (Wildman–Crippen LogP) is 6.08. The number of hydrogen-bond acceptors (Lipinski definition) is 2. The highest BCUT2D eigenvalue weighted by Crippen LogP contribution is 2.35. The zero-order chi connectivity index (χ0) is 19.4. The van der Waals surface area contributed by atoms with Gasteiger partial charge in [-0.25, -0.2) is 0 Å². The van der Waals surface area contributed by atoms with E-state index in [4.69, 9.17) is 9.90 Å². The normalized spacial score (nSPS) is 15.2. The molecule has 2 heterocycles. The highest BCUT2D eigenvalue weighted by atomic mass is 16.3. The molecular weight excluding hydrogens is 282 g/mol. The third kappa shape index (κ3) is 2.22. The summed E-state index contributed by atoms with van der Waals surface area (Å²) in [5.41, 5.74) is 3.44. The Labute approximate surface area is 141 Å². The van der Waals surface area contributed by atoms with Gasteiger partial charge < -0.3 is 4.42 Å². The molecule has 114 valence electrons. The monoisotopic (exact) mass is 305 g/mol. The second kappa shape index (κ2) is 5.24. The Kier molecular flexibility index (Phi) is 2.33. The number of para-hydroxylation sites is 2. The van der Waals surface area contributed by atoms with Crippen LogP contribution < -0.4 is 0 Å². The first kappa shape index (κ1) is 10.2. The lowest BCUT2D eigenvalue weighted by atomic mass is 9.97. The molecule has 0 N–H and O–H groups in total. The van der Waals surface area contributed by atoms with E-state index in [-0.39, 0.29) is 5.56 Å². The van der Waals surface area contributed by atoms with Gasteiger partial charge in [-0.3, -0.25) is 4.98 Å². The van der Waals surface area contributed by atoms with Crippen LogP contribution in [-0.2, 0) is 0 Å². The smallest absolute Gasteiger partial charge is 0.144 e. The Balaban J connectivity index is 1.99. The van der Waals surface area contributed by atoms with E-state index in [1.807, 2.05) is 42.5 Å². The molecule has 0 atom stereocenters. The third-order valence-electron chi connectivity index (χ3n) is 4.12. The average molecular weight is 305 g/mol. The molecule has 4 aromatic rings. The van der Waals surface area contributed by atoms with Crippen molar-refractivity contribution < 1.29 is 9.90 Å². The first-order chi connectivity index (χ1) is 12.7. The summed E-state index contributed by atoms with van der Waals surface area (Å²) in [6.45, 7) is 1.05. The number of hydrogen-bond donors (Lipinski definition) is 0. The van der Waals surface area contributed by atoms with Crippen LogP contribution in [0, 0.1) is 6.85 Å². The van der Waals surface area contributed by atoms with E-state index in [0.29, 0.717) is 16.8 Å². The molecule has 0 saturated heterocycles. The average Bonchev–Trinajstić information content (AvgIpc) is 2.98. The fourth-order valence-corrected chi connectivity index (χ4v) is 2.97. The molecule has 2 aromatic heterocycles. The topological polar surface area (TPSA) is 26.0 Å². The molecule has 2 aromatic carbocycles. The van der Waals surface area contributed by atoms with E-state index in [1.54, 1.807) is 19.9 Å². The molecule has 0 radical (unpaired) electrons. The second-order valence-corrected chi connectivity index (χ2v) is 5.90. The van der Waals surface area contributed by atoms with Gasteiger partial charge in [0.05, 0.1) is 5.69 Å². The summed E-state index contributed by atoms with van der Waals surface area (Å²) < 4.78 is 37.8. The van der Waals surface area contributed by atoms with E-state index in [0.717, 1.165) is 21.9 Å². The minimum atomic E-state index is -2.31. The minimum Gasteiger partial charge on any atom is -0.455 e. The van der Waals surface area contributed by atoms with Gasteiger partial charge >= 0.3 is 0 Å². The summed E-state index contributed by atoms with van der Waals surface area (Å²) in [7, 11) is 0. The van der Waals surface area contributed by atoms with Crippen LogP contribution in [0.4, 0.5) is 0 Å². The molecular formula is C21H19NO. The van der Waals surface area contributed by atoms with Crippen molar-refractivity contribution in [2.45, 2.75) is 26.6 Å². The molecule has 0 unspecified atom stereocenters. The number of aryl methyl sites for hydroxylation is 1. The van der Waals surface area contributed by atoms with Crippen molar-refractivity contribution in [3.05, 3.63) is 65.9 Å². The van der Waals surface area contributed by atoms with E-state index >= 15 is 0 Å². The maximum atomic E-state index is 8.40. The zero-order valence-corrected chi connectivity index (χ0v) is 13.1. The number of furan rings is 1. The van der Waals surface area contributed by atoms with Crippen LogP contribution >= 0.6 is 0 Å². The highest BCUT2D eigenvalue weighted by molar-refractivity contribution is 6.09. The third-order valence-corrected chi connectivity index (χ3v) is 4.12. The van der Waals surface area contributed by atoms with Gasteiger partial charge in [0.25, 0.3) is 0 Å². The van der Waals surface area contributed by atoms with Crippen molar-refractivity contribution in [1.82, 2.24) is 4.98 Å². The lowest BCUT2D eigenvalue weighted by Gasteiger charge is -2.11. The Hall–Kier alpha value is -2.61. The number of pyridine rings is 1. The number of rotatable bonds is 2. The molecule has 0 fully saturated rings. The van der Waals surface area contributed by atoms with Crippen LogP contribution in [0.5, 0.6) is 0 Å². The van der Waals surface area contributed by atoms with Crippen LogP contribution in [0.1, 0.15) is 36.4 Å². The molecule has 0 saturated carbocycles. The molecule has 2 nitrogen and oxygen atoms in total. The molecule has 0 aliphatic heterocycles. The van der Waals surface area contributed by atoms with Gasteiger partial charge in [-0.1, -0.05) is 44.2 Å². The first-order valence-electron chi connectivity index (χ1n) is 9.58. The quantitative estimate of drug-likeness (QED) is 0.448. The fourth-order valence-electron chi connectivity index (χ4n) is 2.97. The van der Waals surface area contributed by atoms with Crippen molar-refractivity contribution in [2.75, 3.05) is 0 Å². The standard InChI is InChI=1S/C21H19NO/c1-13(2)18-11-19(22-12-14(18)3)17-9-6-8-16-15-7-4-5-10-20(15)23-21(16)17/h4-13H,1-3H3/i3D3,13D. The van der Waals surface area contributed by atoms with Crippen molar-refractivity contribution in [2.24, 2.45) is 0 Å². The van der Waals surface area contributed by atoms with Crippen LogP contribution in [0.3, 0.4) is 0 Å². The molecule has 0 bridgehead atoms. The Bertz CT molecular complexity index is 1150. The summed E-state index contributed by atoms with van der Waals surface area (Å²) >= 11 is 0. The number of nitrogens with zero attached hydrogens (tertiary/aromatic N) is 1. The lowest BCUT2D eigenvalue weighted by molar-refractivity contribution is 0.670. The molecule has 0 amide bonds. The summed E-state index contributed by atoms with van der Waals surface area (Å²) in [5, 5.41) is 2.01. The maximum Gasteiger partial charge on any atom is 0.144 e. The highest BCUT2D eigenvalue weighted by Gasteiger charge is 2.14. The molecule has 0 aliphatic rings. The number of benzene rings is 2. The van der Waals surface area contributed by atoms with E-state index in [1.165, 1.54) is 6.20 Å². The van der Waals surface area contributed by atoms with E-state index < -0.39 is 12.7 Å². The van der Waals surface area contributed by atoms with Crippen LogP contribution in [0.25, 0.3) is 33.2 Å². The largest absolute Gasteiger partial charge is 0.455 e. The fraction of sp³-hybridized carbons (Fsp3) is 0.190. The predicted molar refractivity (Wildman–Crippen MR) is 95.8 cm³/mol. The number of fused-ring (bicyclic) bond motifs is 3. The molecule has 4 rings (SSSR count). The molecule has 0 aliphatic carbocycles. The van der Waals surface area contributed by atoms with E-state index in [2.05, 4.69) is 4.98 Å². The van der Waals surface area contributed by atoms with Gasteiger partial charge in [0.1, 0.15) is 11.2 Å². The first-order valence-corrected chi connectivity index (χ1v) is 7.58. The van der Waals surface area contributed by atoms with Crippen LogP contribution in [-0.4, -0.2) is 4.98 Å². The van der Waals surface area contributed by atoms with Gasteiger partial charge in [-0.05, 0) is 42.1 Å². The summed E-state index contributed by atoms with van der Waals surface area (Å²) in [6, 6.07) is 15.4. The Morgan fingerprint density at radius 3 is 2.74 bits per heavy atom. The Morgan fingerprint density at radius 2 is 1.91 bits per heavy atom. The SMILES string of the molecule is [2H]C([2H])([2H])c1cnc(-c2cccc3c2oc2ccccc23)cc1C([2H])(C)C. The Morgan fingerprint density at radius 1 is 1.09 bits per heavy atom. The molecule has 2 heteroatoms. The second-order valence-electron chi connectivity index (χ2n) is 5.90.